The van der Waals surface area contributed by atoms with Crippen LogP contribution in [0.4, 0.5) is 0 Å². The van der Waals surface area contributed by atoms with Crippen molar-refractivity contribution in [1.82, 2.24) is 0 Å². The van der Waals surface area contributed by atoms with Gasteiger partial charge in [0.05, 0.1) is 0 Å². The van der Waals surface area contributed by atoms with Crippen molar-refractivity contribution in [2.24, 2.45) is 11.1 Å². The molecule has 0 bridgehead atoms. The summed E-state index contributed by atoms with van der Waals surface area (Å²) in [4.78, 5) is 0. The summed E-state index contributed by atoms with van der Waals surface area (Å²) in [5.41, 5.74) is 7.09. The minimum absolute atomic E-state index is 0. The van der Waals surface area contributed by atoms with Gasteiger partial charge in [0.1, 0.15) is 5.75 Å². The highest BCUT2D eigenvalue weighted by molar-refractivity contribution is 5.85. The monoisotopic (exact) mass is 245 g/mol. The Balaban J connectivity index is 0.00000225. The lowest BCUT2D eigenvalue weighted by atomic mass is 9.81. The molecule has 92 valence electrons. The number of hydrogen-bond acceptors (Lipinski definition) is 3. The van der Waals surface area contributed by atoms with E-state index in [0.29, 0.717) is 5.56 Å². The first-order valence-electron chi connectivity index (χ1n) is 5.05. The predicted octanol–water partition coefficient (Wildman–Crippen LogP) is 2.14. The Labute approximate surface area is 103 Å². The molecule has 1 rings (SSSR count). The summed E-state index contributed by atoms with van der Waals surface area (Å²) in [6, 6.07) is 5.11. The molecule has 0 unspecified atom stereocenters. The summed E-state index contributed by atoms with van der Waals surface area (Å²) in [6.07, 6.45) is 0. The number of aromatic hydroxyl groups is 1. The van der Waals surface area contributed by atoms with E-state index in [4.69, 9.17) is 5.73 Å². The van der Waals surface area contributed by atoms with Crippen LogP contribution in [0.3, 0.4) is 0 Å². The molecule has 0 aromatic heterocycles. The van der Waals surface area contributed by atoms with E-state index in [0.717, 1.165) is 5.56 Å². The van der Waals surface area contributed by atoms with Crippen LogP contribution in [0.5, 0.6) is 5.75 Å². The SMILES string of the molecule is Cc1cccc([C@@H](N)C(C)(C)CO)c1O.Cl. The fourth-order valence-corrected chi connectivity index (χ4v) is 1.45. The van der Waals surface area contributed by atoms with Crippen molar-refractivity contribution in [1.29, 1.82) is 0 Å². The van der Waals surface area contributed by atoms with E-state index in [-0.39, 0.29) is 30.8 Å². The zero-order valence-corrected chi connectivity index (χ0v) is 10.7. The quantitative estimate of drug-likeness (QED) is 0.765. The summed E-state index contributed by atoms with van der Waals surface area (Å²) in [7, 11) is 0. The van der Waals surface area contributed by atoms with Gasteiger partial charge in [-0.1, -0.05) is 32.0 Å². The molecule has 1 atom stereocenters. The average molecular weight is 246 g/mol. The number of halogens is 1. The van der Waals surface area contributed by atoms with Gasteiger partial charge < -0.3 is 15.9 Å². The van der Waals surface area contributed by atoms with E-state index in [1.54, 1.807) is 6.07 Å². The van der Waals surface area contributed by atoms with Crippen LogP contribution in [0.2, 0.25) is 0 Å². The van der Waals surface area contributed by atoms with Crippen LogP contribution in [0.15, 0.2) is 18.2 Å². The molecule has 0 saturated heterocycles. The van der Waals surface area contributed by atoms with Crippen molar-refractivity contribution in [3.8, 4) is 5.75 Å². The molecule has 0 aliphatic carbocycles. The Kier molecular flexibility index (Phi) is 5.26. The number of para-hydroxylation sites is 1. The number of phenolic OH excluding ortho intramolecular Hbond substituents is 1. The van der Waals surface area contributed by atoms with Gasteiger partial charge in [0.15, 0.2) is 0 Å². The molecule has 3 nitrogen and oxygen atoms in total. The van der Waals surface area contributed by atoms with Crippen molar-refractivity contribution in [3.05, 3.63) is 29.3 Å². The van der Waals surface area contributed by atoms with Crippen LogP contribution < -0.4 is 5.73 Å². The van der Waals surface area contributed by atoms with Crippen molar-refractivity contribution in [3.63, 3.8) is 0 Å². The Morgan fingerprint density at radius 2 is 1.94 bits per heavy atom. The second kappa shape index (κ2) is 5.53. The van der Waals surface area contributed by atoms with Gasteiger partial charge in [-0.3, -0.25) is 0 Å². The lowest BCUT2D eigenvalue weighted by molar-refractivity contribution is 0.131. The Bertz CT molecular complexity index is 353. The lowest BCUT2D eigenvalue weighted by Crippen LogP contribution is -2.32. The number of aliphatic hydroxyl groups is 1. The highest BCUT2D eigenvalue weighted by Gasteiger charge is 2.28. The number of hydrogen-bond donors (Lipinski definition) is 3. The van der Waals surface area contributed by atoms with Crippen molar-refractivity contribution in [2.45, 2.75) is 26.8 Å². The number of phenols is 1. The third-order valence-electron chi connectivity index (χ3n) is 2.85. The molecular weight excluding hydrogens is 226 g/mol. The highest BCUT2D eigenvalue weighted by Crippen LogP contribution is 2.36. The van der Waals surface area contributed by atoms with Crippen LogP contribution in [-0.2, 0) is 0 Å². The van der Waals surface area contributed by atoms with Crippen LogP contribution >= 0.6 is 12.4 Å². The van der Waals surface area contributed by atoms with Gasteiger partial charge in [0, 0.05) is 23.6 Å². The number of aliphatic hydroxyl groups excluding tert-OH is 1. The molecule has 1 aromatic carbocycles. The molecule has 0 heterocycles. The zero-order chi connectivity index (χ0) is 11.6. The van der Waals surface area contributed by atoms with Crippen molar-refractivity contribution >= 4 is 12.4 Å². The second-order valence-corrected chi connectivity index (χ2v) is 4.64. The van der Waals surface area contributed by atoms with Gasteiger partial charge in [-0.05, 0) is 12.5 Å². The predicted molar refractivity (Wildman–Crippen MR) is 67.9 cm³/mol. The number of rotatable bonds is 3. The summed E-state index contributed by atoms with van der Waals surface area (Å²) in [5.74, 6) is 0.228. The first kappa shape index (κ1) is 15.2. The van der Waals surface area contributed by atoms with Crippen LogP contribution in [0.1, 0.15) is 31.0 Å². The smallest absolute Gasteiger partial charge is 0.123 e. The summed E-state index contributed by atoms with van der Waals surface area (Å²) >= 11 is 0. The van der Waals surface area contributed by atoms with Gasteiger partial charge in [-0.15, -0.1) is 12.4 Å². The minimum Gasteiger partial charge on any atom is -0.507 e. The summed E-state index contributed by atoms with van der Waals surface area (Å²) in [5, 5.41) is 19.1. The van der Waals surface area contributed by atoms with E-state index in [2.05, 4.69) is 0 Å². The second-order valence-electron chi connectivity index (χ2n) is 4.64. The van der Waals surface area contributed by atoms with Gasteiger partial charge >= 0.3 is 0 Å². The molecule has 0 spiro atoms. The Morgan fingerprint density at radius 1 is 1.38 bits per heavy atom. The van der Waals surface area contributed by atoms with Crippen molar-refractivity contribution in [2.75, 3.05) is 6.61 Å². The standard InChI is InChI=1S/C12H19NO2.ClH/c1-8-5-4-6-9(10(8)15)11(13)12(2,3)7-14;/h4-6,11,14-15H,7,13H2,1-3H3;1H/t11-;/m1./s1. The molecule has 4 heteroatoms. The van der Waals surface area contributed by atoms with E-state index < -0.39 is 5.41 Å². The highest BCUT2D eigenvalue weighted by atomic mass is 35.5. The molecule has 0 radical (unpaired) electrons. The molecular formula is C12H20ClNO2. The fraction of sp³-hybridized carbons (Fsp3) is 0.500. The van der Waals surface area contributed by atoms with Crippen LogP contribution in [0.25, 0.3) is 0 Å². The summed E-state index contributed by atoms with van der Waals surface area (Å²) < 4.78 is 0. The van der Waals surface area contributed by atoms with Gasteiger partial charge in [0.2, 0.25) is 0 Å². The third kappa shape index (κ3) is 2.88. The van der Waals surface area contributed by atoms with E-state index in [1.807, 2.05) is 32.9 Å². The van der Waals surface area contributed by atoms with Gasteiger partial charge in [0.25, 0.3) is 0 Å². The molecule has 16 heavy (non-hydrogen) atoms. The molecule has 4 N–H and O–H groups in total. The average Bonchev–Trinajstić information content (AvgIpc) is 2.21. The summed E-state index contributed by atoms with van der Waals surface area (Å²) in [6.45, 7) is 5.57. The van der Waals surface area contributed by atoms with E-state index in [9.17, 15) is 10.2 Å². The van der Waals surface area contributed by atoms with E-state index in [1.165, 1.54) is 0 Å². The third-order valence-corrected chi connectivity index (χ3v) is 2.85. The molecule has 0 aliphatic heterocycles. The molecule has 0 amide bonds. The van der Waals surface area contributed by atoms with Crippen molar-refractivity contribution < 1.29 is 10.2 Å². The Morgan fingerprint density at radius 3 is 2.44 bits per heavy atom. The van der Waals surface area contributed by atoms with Crippen LogP contribution in [0, 0.1) is 12.3 Å². The maximum atomic E-state index is 9.87. The normalized spacial score (nSPS) is 13.1. The first-order valence-corrected chi connectivity index (χ1v) is 5.05. The molecule has 1 aromatic rings. The molecule has 0 aliphatic rings. The minimum atomic E-state index is -0.439. The number of nitrogens with two attached hydrogens (primary N) is 1. The molecule has 0 fully saturated rings. The van der Waals surface area contributed by atoms with E-state index >= 15 is 0 Å². The number of aryl methyl sites for hydroxylation is 1. The maximum Gasteiger partial charge on any atom is 0.123 e. The fourth-order valence-electron chi connectivity index (χ4n) is 1.45. The zero-order valence-electron chi connectivity index (χ0n) is 9.90. The maximum absolute atomic E-state index is 9.87. The Hall–Kier alpha value is -0.770. The van der Waals surface area contributed by atoms with Gasteiger partial charge in [-0.2, -0.15) is 0 Å². The van der Waals surface area contributed by atoms with Gasteiger partial charge in [-0.25, -0.2) is 0 Å². The largest absolute Gasteiger partial charge is 0.507 e. The topological polar surface area (TPSA) is 66.5 Å². The lowest BCUT2D eigenvalue weighted by Gasteiger charge is -2.30. The first-order chi connectivity index (χ1) is 6.90. The number of benzene rings is 1. The van der Waals surface area contributed by atoms with Crippen LogP contribution in [-0.4, -0.2) is 16.8 Å². The molecule has 0 saturated carbocycles.